The number of rotatable bonds is 4. The first-order valence-electron chi connectivity index (χ1n) is 7.92. The van der Waals surface area contributed by atoms with Crippen molar-refractivity contribution >= 4 is 11.8 Å². The summed E-state index contributed by atoms with van der Waals surface area (Å²) >= 11 is 1.98. The molecular formula is C15H25N3OS. The van der Waals surface area contributed by atoms with Crippen molar-refractivity contribution in [2.75, 3.05) is 18.1 Å². The van der Waals surface area contributed by atoms with Crippen LogP contribution in [-0.4, -0.2) is 34.2 Å². The van der Waals surface area contributed by atoms with E-state index in [-0.39, 0.29) is 0 Å². The first kappa shape index (κ1) is 14.4. The second kappa shape index (κ2) is 6.48. The van der Waals surface area contributed by atoms with Crippen molar-refractivity contribution in [3.05, 3.63) is 11.7 Å². The molecule has 2 heterocycles. The minimum Gasteiger partial charge on any atom is -0.339 e. The minimum atomic E-state index is 0.391. The second-order valence-corrected chi connectivity index (χ2v) is 7.34. The molecule has 0 amide bonds. The van der Waals surface area contributed by atoms with Gasteiger partial charge in [-0.2, -0.15) is 16.7 Å². The van der Waals surface area contributed by atoms with Gasteiger partial charge in [0.05, 0.1) is 5.92 Å². The lowest BCUT2D eigenvalue weighted by molar-refractivity contribution is 0.312. The maximum atomic E-state index is 5.60. The lowest BCUT2D eigenvalue weighted by atomic mass is 9.82. The largest absolute Gasteiger partial charge is 0.339 e. The van der Waals surface area contributed by atoms with E-state index in [1.54, 1.807) is 0 Å². The Hall–Kier alpha value is -0.550. The quantitative estimate of drug-likeness (QED) is 0.924. The number of likely N-dealkylation sites (N-methyl/N-ethyl adjacent to an activating group) is 1. The highest BCUT2D eigenvalue weighted by Gasteiger charge is 2.34. The summed E-state index contributed by atoms with van der Waals surface area (Å²) in [6.45, 7) is 5.49. The minimum absolute atomic E-state index is 0.391. The molecule has 4 unspecified atom stereocenters. The molecule has 2 aliphatic rings. The van der Waals surface area contributed by atoms with E-state index in [1.165, 1.54) is 25.7 Å². The summed E-state index contributed by atoms with van der Waals surface area (Å²) in [6.07, 6.45) is 5.09. The van der Waals surface area contributed by atoms with Gasteiger partial charge in [-0.05, 0) is 25.3 Å². The zero-order chi connectivity index (χ0) is 13.9. The second-order valence-electron chi connectivity index (χ2n) is 6.27. The van der Waals surface area contributed by atoms with Gasteiger partial charge in [-0.3, -0.25) is 0 Å². The van der Waals surface area contributed by atoms with Gasteiger partial charge in [0, 0.05) is 23.5 Å². The van der Waals surface area contributed by atoms with Crippen molar-refractivity contribution < 1.29 is 4.52 Å². The SMILES string of the molecule is CCNC1CSCC1c1nc(C2CCCC(C)C2)no1. The molecule has 1 aromatic heterocycles. The van der Waals surface area contributed by atoms with Crippen LogP contribution in [0, 0.1) is 5.92 Å². The van der Waals surface area contributed by atoms with E-state index in [4.69, 9.17) is 9.51 Å². The molecule has 1 aliphatic carbocycles. The smallest absolute Gasteiger partial charge is 0.232 e. The fourth-order valence-electron chi connectivity index (χ4n) is 3.49. The van der Waals surface area contributed by atoms with E-state index in [2.05, 4.69) is 24.3 Å². The van der Waals surface area contributed by atoms with Gasteiger partial charge >= 0.3 is 0 Å². The molecule has 0 spiro atoms. The van der Waals surface area contributed by atoms with Gasteiger partial charge in [0.25, 0.3) is 0 Å². The van der Waals surface area contributed by atoms with E-state index in [1.807, 2.05) is 11.8 Å². The lowest BCUT2D eigenvalue weighted by Gasteiger charge is -2.23. The number of nitrogens with one attached hydrogen (secondary N) is 1. The molecule has 5 heteroatoms. The average Bonchev–Trinajstić information content (AvgIpc) is 3.07. The van der Waals surface area contributed by atoms with E-state index in [9.17, 15) is 0 Å². The Morgan fingerprint density at radius 2 is 2.25 bits per heavy atom. The van der Waals surface area contributed by atoms with Crippen LogP contribution in [0.2, 0.25) is 0 Å². The fourth-order valence-corrected chi connectivity index (χ4v) is 4.86. The van der Waals surface area contributed by atoms with Gasteiger partial charge in [-0.1, -0.05) is 31.8 Å². The number of hydrogen-bond donors (Lipinski definition) is 1. The molecule has 0 bridgehead atoms. The van der Waals surface area contributed by atoms with Crippen LogP contribution in [0.1, 0.15) is 63.1 Å². The molecule has 4 atom stereocenters. The van der Waals surface area contributed by atoms with Crippen LogP contribution in [0.15, 0.2) is 4.52 Å². The Morgan fingerprint density at radius 1 is 1.35 bits per heavy atom. The highest BCUT2D eigenvalue weighted by molar-refractivity contribution is 7.99. The average molecular weight is 295 g/mol. The highest BCUT2D eigenvalue weighted by atomic mass is 32.2. The summed E-state index contributed by atoms with van der Waals surface area (Å²) in [7, 11) is 0. The number of hydrogen-bond acceptors (Lipinski definition) is 5. The van der Waals surface area contributed by atoms with Gasteiger partial charge in [0.2, 0.25) is 5.89 Å². The van der Waals surface area contributed by atoms with Crippen molar-refractivity contribution in [3.63, 3.8) is 0 Å². The van der Waals surface area contributed by atoms with Crippen LogP contribution in [0.5, 0.6) is 0 Å². The summed E-state index contributed by atoms with van der Waals surface area (Å²) in [5.41, 5.74) is 0. The monoisotopic (exact) mass is 295 g/mol. The van der Waals surface area contributed by atoms with E-state index >= 15 is 0 Å². The molecular weight excluding hydrogens is 270 g/mol. The molecule has 2 fully saturated rings. The van der Waals surface area contributed by atoms with Crippen LogP contribution in [0.4, 0.5) is 0 Å². The molecule has 20 heavy (non-hydrogen) atoms. The third-order valence-electron chi connectivity index (χ3n) is 4.62. The maximum absolute atomic E-state index is 5.60. The zero-order valence-electron chi connectivity index (χ0n) is 12.5. The van der Waals surface area contributed by atoms with Crippen LogP contribution < -0.4 is 5.32 Å². The summed E-state index contributed by atoms with van der Waals surface area (Å²) in [5.74, 6) is 5.77. The summed E-state index contributed by atoms with van der Waals surface area (Å²) in [5, 5.41) is 7.83. The first-order chi connectivity index (χ1) is 9.78. The summed E-state index contributed by atoms with van der Waals surface area (Å²) < 4.78 is 5.60. The summed E-state index contributed by atoms with van der Waals surface area (Å²) in [4.78, 5) is 4.75. The first-order valence-corrected chi connectivity index (χ1v) is 9.08. The molecule has 1 N–H and O–H groups in total. The van der Waals surface area contributed by atoms with Gasteiger partial charge < -0.3 is 9.84 Å². The van der Waals surface area contributed by atoms with Crippen molar-refractivity contribution in [1.82, 2.24) is 15.5 Å². The Morgan fingerprint density at radius 3 is 3.05 bits per heavy atom. The molecule has 3 rings (SSSR count). The third kappa shape index (κ3) is 3.03. The van der Waals surface area contributed by atoms with Crippen molar-refractivity contribution in [3.8, 4) is 0 Å². The zero-order valence-corrected chi connectivity index (χ0v) is 13.3. The molecule has 0 radical (unpaired) electrons. The Labute approximate surface area is 125 Å². The van der Waals surface area contributed by atoms with Gasteiger partial charge in [-0.25, -0.2) is 0 Å². The van der Waals surface area contributed by atoms with Gasteiger partial charge in [0.1, 0.15) is 0 Å². The topological polar surface area (TPSA) is 51.0 Å². The highest BCUT2D eigenvalue weighted by Crippen LogP contribution is 2.36. The van der Waals surface area contributed by atoms with E-state index in [0.29, 0.717) is 17.9 Å². The number of thioether (sulfide) groups is 1. The molecule has 1 aliphatic heterocycles. The standard InChI is InChI=1S/C15H25N3OS/c1-3-16-13-9-20-8-12(13)15-17-14(18-19-15)11-6-4-5-10(2)7-11/h10-13,16H,3-9H2,1-2H3. The third-order valence-corrected chi connectivity index (χ3v) is 5.81. The molecule has 0 aromatic carbocycles. The molecule has 1 saturated carbocycles. The molecule has 1 aromatic rings. The maximum Gasteiger partial charge on any atom is 0.232 e. The van der Waals surface area contributed by atoms with Crippen LogP contribution >= 0.6 is 11.8 Å². The molecule has 112 valence electrons. The predicted molar refractivity (Wildman–Crippen MR) is 82.2 cm³/mol. The van der Waals surface area contributed by atoms with Crippen molar-refractivity contribution in [2.24, 2.45) is 5.92 Å². The van der Waals surface area contributed by atoms with E-state index in [0.717, 1.165) is 35.7 Å². The van der Waals surface area contributed by atoms with Crippen LogP contribution in [-0.2, 0) is 0 Å². The van der Waals surface area contributed by atoms with Gasteiger partial charge in [-0.15, -0.1) is 0 Å². The Kier molecular flexibility index (Phi) is 4.66. The predicted octanol–water partition coefficient (Wildman–Crippen LogP) is 3.17. The fraction of sp³-hybridized carbons (Fsp3) is 0.867. The normalized spacial score (nSPS) is 34.5. The van der Waals surface area contributed by atoms with Crippen LogP contribution in [0.3, 0.4) is 0 Å². The Balaban J connectivity index is 1.69. The Bertz CT molecular complexity index is 437. The number of nitrogens with zero attached hydrogens (tertiary/aromatic N) is 2. The number of aromatic nitrogens is 2. The van der Waals surface area contributed by atoms with Crippen LogP contribution in [0.25, 0.3) is 0 Å². The van der Waals surface area contributed by atoms with E-state index < -0.39 is 0 Å². The molecule has 4 nitrogen and oxygen atoms in total. The van der Waals surface area contributed by atoms with Gasteiger partial charge in [0.15, 0.2) is 5.82 Å². The van der Waals surface area contributed by atoms with Crippen molar-refractivity contribution in [1.29, 1.82) is 0 Å². The lowest BCUT2D eigenvalue weighted by Crippen LogP contribution is -2.34. The van der Waals surface area contributed by atoms with Crippen molar-refractivity contribution in [2.45, 2.75) is 57.4 Å². The summed E-state index contributed by atoms with van der Waals surface area (Å²) in [6, 6.07) is 0.489. The molecule has 1 saturated heterocycles.